The molecule has 2 amide bonds. The zero-order chi connectivity index (χ0) is 18.7. The van der Waals surface area contributed by atoms with E-state index in [9.17, 15) is 18.4 Å². The van der Waals surface area contributed by atoms with E-state index in [-0.39, 0.29) is 29.7 Å². The van der Waals surface area contributed by atoms with Crippen molar-refractivity contribution in [1.29, 1.82) is 0 Å². The normalized spacial score (nSPS) is 15.3. The van der Waals surface area contributed by atoms with Gasteiger partial charge in [0.05, 0.1) is 12.7 Å². The molecule has 2 heterocycles. The molecule has 1 aliphatic heterocycles. The molecule has 2 aromatic rings. The second-order valence-corrected chi connectivity index (χ2v) is 6.11. The first kappa shape index (κ1) is 18.0. The second-order valence-electron chi connectivity index (χ2n) is 6.11. The number of nitrogens with one attached hydrogen (secondary N) is 1. The highest BCUT2D eigenvalue weighted by atomic mass is 19.1. The van der Waals surface area contributed by atoms with Crippen molar-refractivity contribution in [1.82, 2.24) is 19.9 Å². The van der Waals surface area contributed by atoms with Crippen molar-refractivity contribution in [3.05, 3.63) is 41.6 Å². The van der Waals surface area contributed by atoms with Crippen LogP contribution in [0.5, 0.6) is 0 Å². The molecule has 0 saturated carbocycles. The van der Waals surface area contributed by atoms with Crippen molar-refractivity contribution in [3.63, 3.8) is 0 Å². The van der Waals surface area contributed by atoms with Crippen LogP contribution in [0.25, 0.3) is 0 Å². The van der Waals surface area contributed by atoms with E-state index in [1.54, 1.807) is 4.90 Å². The molecule has 1 aromatic carbocycles. The summed E-state index contributed by atoms with van der Waals surface area (Å²) in [5, 5.41) is 10.2. The maximum Gasteiger partial charge on any atom is 0.248 e. The number of hydrogen-bond acceptors (Lipinski definition) is 4. The van der Waals surface area contributed by atoms with E-state index in [1.165, 1.54) is 16.9 Å². The Bertz CT molecular complexity index is 803. The molecule has 26 heavy (non-hydrogen) atoms. The number of nitrogens with zero attached hydrogens (tertiary/aromatic N) is 4. The largest absolute Gasteiger partial charge is 0.331 e. The standard InChI is InChI=1S/C17H19F2N5O2/c1-2-14(24-8-4-7-16(24)25)17(26)20-15-10-23(22-21-15)9-11-12(18)5-3-6-13(11)19/h3,5-6,10,14H,2,4,7-9H2,1H3,(H,20,26). The lowest BCUT2D eigenvalue weighted by Crippen LogP contribution is -2.44. The third kappa shape index (κ3) is 3.71. The highest BCUT2D eigenvalue weighted by molar-refractivity contribution is 5.96. The topological polar surface area (TPSA) is 80.1 Å². The average Bonchev–Trinajstić information content (AvgIpc) is 3.21. The first-order valence-corrected chi connectivity index (χ1v) is 8.43. The van der Waals surface area contributed by atoms with E-state index >= 15 is 0 Å². The van der Waals surface area contributed by atoms with Gasteiger partial charge in [-0.1, -0.05) is 18.2 Å². The van der Waals surface area contributed by atoms with Crippen LogP contribution >= 0.6 is 0 Å². The van der Waals surface area contributed by atoms with Gasteiger partial charge in [0.2, 0.25) is 11.8 Å². The lowest BCUT2D eigenvalue weighted by Gasteiger charge is -2.25. The highest BCUT2D eigenvalue weighted by Crippen LogP contribution is 2.18. The average molecular weight is 363 g/mol. The van der Waals surface area contributed by atoms with Gasteiger partial charge in [0.1, 0.15) is 17.7 Å². The van der Waals surface area contributed by atoms with Crippen LogP contribution in [-0.4, -0.2) is 44.3 Å². The number of amides is 2. The Labute approximate surface area is 149 Å². The van der Waals surface area contributed by atoms with Crippen molar-refractivity contribution in [2.45, 2.75) is 38.8 Å². The summed E-state index contributed by atoms with van der Waals surface area (Å²) in [6.07, 6.45) is 3.07. The quantitative estimate of drug-likeness (QED) is 0.851. The summed E-state index contributed by atoms with van der Waals surface area (Å²) in [4.78, 5) is 25.9. The molecule has 1 unspecified atom stereocenters. The molecule has 1 aliphatic rings. The number of aromatic nitrogens is 3. The predicted molar refractivity (Wildman–Crippen MR) is 89.1 cm³/mol. The van der Waals surface area contributed by atoms with Gasteiger partial charge in [-0.15, -0.1) is 5.10 Å². The number of likely N-dealkylation sites (tertiary alicyclic amines) is 1. The SMILES string of the molecule is CCC(C(=O)Nc1cn(Cc2c(F)cccc2F)nn1)N1CCCC1=O. The maximum absolute atomic E-state index is 13.7. The molecule has 1 N–H and O–H groups in total. The summed E-state index contributed by atoms with van der Waals surface area (Å²) in [6, 6.07) is 3.04. The van der Waals surface area contributed by atoms with Crippen LogP contribution in [0.3, 0.4) is 0 Å². The minimum Gasteiger partial charge on any atom is -0.331 e. The van der Waals surface area contributed by atoms with Gasteiger partial charge < -0.3 is 10.2 Å². The van der Waals surface area contributed by atoms with Gasteiger partial charge in [-0.3, -0.25) is 9.59 Å². The second kappa shape index (κ2) is 7.59. The summed E-state index contributed by atoms with van der Waals surface area (Å²) >= 11 is 0. The highest BCUT2D eigenvalue weighted by Gasteiger charge is 2.31. The van der Waals surface area contributed by atoms with E-state index in [4.69, 9.17) is 0 Å². The summed E-state index contributed by atoms with van der Waals surface area (Å²) < 4.78 is 28.6. The van der Waals surface area contributed by atoms with Gasteiger partial charge in [0.15, 0.2) is 5.82 Å². The van der Waals surface area contributed by atoms with E-state index in [1.807, 2.05) is 6.92 Å². The van der Waals surface area contributed by atoms with Crippen LogP contribution in [0.4, 0.5) is 14.6 Å². The lowest BCUT2D eigenvalue weighted by molar-refractivity contribution is -0.135. The molecule has 138 valence electrons. The van der Waals surface area contributed by atoms with Gasteiger partial charge in [0.25, 0.3) is 0 Å². The van der Waals surface area contributed by atoms with Crippen LogP contribution in [-0.2, 0) is 16.1 Å². The Kier molecular flexibility index (Phi) is 5.24. The van der Waals surface area contributed by atoms with Gasteiger partial charge in [-0.2, -0.15) is 0 Å². The van der Waals surface area contributed by atoms with Crippen LogP contribution in [0, 0.1) is 11.6 Å². The number of halogens is 2. The number of rotatable bonds is 6. The molecule has 7 nitrogen and oxygen atoms in total. The first-order chi connectivity index (χ1) is 12.5. The summed E-state index contributed by atoms with van der Waals surface area (Å²) in [6.45, 7) is 2.24. The molecular weight excluding hydrogens is 344 g/mol. The summed E-state index contributed by atoms with van der Waals surface area (Å²) in [5.74, 6) is -1.58. The minimum atomic E-state index is -0.676. The van der Waals surface area contributed by atoms with Crippen molar-refractivity contribution in [2.24, 2.45) is 0 Å². The maximum atomic E-state index is 13.7. The number of anilines is 1. The fraction of sp³-hybridized carbons (Fsp3) is 0.412. The Hall–Kier alpha value is -2.84. The lowest BCUT2D eigenvalue weighted by atomic mass is 10.2. The molecule has 1 atom stereocenters. The predicted octanol–water partition coefficient (Wildman–Crippen LogP) is 1.94. The van der Waals surface area contributed by atoms with E-state index in [2.05, 4.69) is 15.6 Å². The number of hydrogen-bond donors (Lipinski definition) is 1. The fourth-order valence-corrected chi connectivity index (χ4v) is 3.03. The Morgan fingerprint density at radius 2 is 2.08 bits per heavy atom. The van der Waals surface area contributed by atoms with Crippen LogP contribution < -0.4 is 5.32 Å². The monoisotopic (exact) mass is 363 g/mol. The van der Waals surface area contributed by atoms with Crippen LogP contribution in [0.1, 0.15) is 31.7 Å². The Balaban J connectivity index is 1.68. The number of carbonyl (C=O) groups excluding carboxylic acids is 2. The van der Waals surface area contributed by atoms with E-state index < -0.39 is 17.7 Å². The first-order valence-electron chi connectivity index (χ1n) is 8.43. The summed E-state index contributed by atoms with van der Waals surface area (Å²) in [5.41, 5.74) is -0.135. The number of carbonyl (C=O) groups is 2. The van der Waals surface area contributed by atoms with Gasteiger partial charge in [0, 0.05) is 18.5 Å². The fourth-order valence-electron chi connectivity index (χ4n) is 3.03. The van der Waals surface area contributed by atoms with Crippen molar-refractivity contribution in [2.75, 3.05) is 11.9 Å². The van der Waals surface area contributed by atoms with Gasteiger partial charge in [-0.05, 0) is 25.0 Å². The molecule has 1 saturated heterocycles. The molecule has 0 aliphatic carbocycles. The third-order valence-electron chi connectivity index (χ3n) is 4.35. The number of benzene rings is 1. The van der Waals surface area contributed by atoms with Crippen molar-refractivity contribution < 1.29 is 18.4 Å². The zero-order valence-electron chi connectivity index (χ0n) is 14.3. The van der Waals surface area contributed by atoms with E-state index in [0.717, 1.165) is 18.6 Å². The molecule has 0 spiro atoms. The van der Waals surface area contributed by atoms with E-state index in [0.29, 0.717) is 19.4 Å². The van der Waals surface area contributed by atoms with Crippen LogP contribution in [0.2, 0.25) is 0 Å². The van der Waals surface area contributed by atoms with Crippen molar-refractivity contribution in [3.8, 4) is 0 Å². The molecule has 3 rings (SSSR count). The minimum absolute atomic E-state index is 0.0364. The molecule has 9 heteroatoms. The summed E-state index contributed by atoms with van der Waals surface area (Å²) in [7, 11) is 0. The molecule has 1 fully saturated rings. The molecule has 1 aromatic heterocycles. The molecule has 0 bridgehead atoms. The molecular formula is C17H19F2N5O2. The Morgan fingerprint density at radius 3 is 2.69 bits per heavy atom. The zero-order valence-corrected chi connectivity index (χ0v) is 14.3. The van der Waals surface area contributed by atoms with Gasteiger partial charge in [-0.25, -0.2) is 13.5 Å². The Morgan fingerprint density at radius 1 is 1.35 bits per heavy atom. The van der Waals surface area contributed by atoms with Crippen LogP contribution in [0.15, 0.2) is 24.4 Å². The third-order valence-corrected chi connectivity index (χ3v) is 4.35. The molecule has 0 radical (unpaired) electrons. The van der Waals surface area contributed by atoms with Gasteiger partial charge >= 0.3 is 0 Å². The smallest absolute Gasteiger partial charge is 0.248 e. The van der Waals surface area contributed by atoms with Crippen molar-refractivity contribution >= 4 is 17.6 Å².